The second-order valence-corrected chi connectivity index (χ2v) is 5.58. The van der Waals surface area contributed by atoms with Gasteiger partial charge in [-0.15, -0.1) is 0 Å². The van der Waals surface area contributed by atoms with Gasteiger partial charge in [0.15, 0.2) is 0 Å². The molecule has 1 amide bonds. The number of carbonyl (C=O) groups is 1. The first-order chi connectivity index (χ1) is 11.3. The van der Waals surface area contributed by atoms with Crippen molar-refractivity contribution in [3.05, 3.63) is 53.3 Å². The topological polar surface area (TPSA) is 46.4 Å². The molecule has 0 unspecified atom stereocenters. The summed E-state index contributed by atoms with van der Waals surface area (Å²) in [5, 5.41) is 2.58. The zero-order chi connectivity index (χ0) is 17.5. The lowest BCUT2D eigenvalue weighted by molar-refractivity contribution is -0.137. The Bertz CT molecular complexity index is 934. The van der Waals surface area contributed by atoms with Crippen LogP contribution in [0.4, 0.5) is 18.9 Å². The van der Waals surface area contributed by atoms with Gasteiger partial charge in [-0.3, -0.25) is 9.20 Å². The van der Waals surface area contributed by atoms with Gasteiger partial charge in [0.1, 0.15) is 5.82 Å². The predicted molar refractivity (Wildman–Crippen MR) is 84.9 cm³/mol. The molecule has 0 radical (unpaired) electrons. The van der Waals surface area contributed by atoms with Crippen molar-refractivity contribution < 1.29 is 18.0 Å². The SMILES string of the molecule is CC(=O)Nc1cccc(-c2ncc3c(Cl)cc(C(F)(F)F)cn23)c1. The summed E-state index contributed by atoms with van der Waals surface area (Å²) in [7, 11) is 0. The first kappa shape index (κ1) is 16.3. The van der Waals surface area contributed by atoms with Crippen LogP contribution >= 0.6 is 11.6 Å². The van der Waals surface area contributed by atoms with Crippen LogP contribution in [0.3, 0.4) is 0 Å². The third-order valence-corrected chi connectivity index (χ3v) is 3.66. The van der Waals surface area contributed by atoms with Gasteiger partial charge in [-0.25, -0.2) is 4.98 Å². The summed E-state index contributed by atoms with van der Waals surface area (Å²) in [6.45, 7) is 1.37. The number of imidazole rings is 1. The number of pyridine rings is 1. The third-order valence-electron chi connectivity index (χ3n) is 3.36. The number of nitrogens with zero attached hydrogens (tertiary/aromatic N) is 2. The van der Waals surface area contributed by atoms with Crippen LogP contribution in [0.2, 0.25) is 5.02 Å². The van der Waals surface area contributed by atoms with E-state index in [2.05, 4.69) is 10.3 Å². The maximum atomic E-state index is 13.0. The van der Waals surface area contributed by atoms with E-state index in [0.717, 1.165) is 12.3 Å². The zero-order valence-corrected chi connectivity index (χ0v) is 13.1. The largest absolute Gasteiger partial charge is 0.417 e. The van der Waals surface area contributed by atoms with E-state index in [-0.39, 0.29) is 10.9 Å². The minimum absolute atomic E-state index is 0.0402. The van der Waals surface area contributed by atoms with Crippen LogP contribution in [-0.2, 0) is 11.0 Å². The van der Waals surface area contributed by atoms with E-state index in [9.17, 15) is 18.0 Å². The molecule has 0 saturated carbocycles. The molecule has 3 rings (SSSR count). The molecule has 0 bridgehead atoms. The van der Waals surface area contributed by atoms with E-state index in [0.29, 0.717) is 22.6 Å². The highest BCUT2D eigenvalue weighted by atomic mass is 35.5. The molecular weight excluding hydrogens is 343 g/mol. The lowest BCUT2D eigenvalue weighted by Gasteiger charge is -2.10. The van der Waals surface area contributed by atoms with Crippen LogP contribution in [-0.4, -0.2) is 15.3 Å². The molecule has 4 nitrogen and oxygen atoms in total. The maximum absolute atomic E-state index is 13.0. The van der Waals surface area contributed by atoms with Crippen LogP contribution in [0.1, 0.15) is 12.5 Å². The standard InChI is InChI=1S/C16H11ClF3N3O/c1-9(24)22-12-4-2-3-10(5-12)15-21-7-14-13(17)6-11(8-23(14)15)16(18,19)20/h2-8H,1H3,(H,22,24). The molecule has 1 aromatic carbocycles. The van der Waals surface area contributed by atoms with Crippen LogP contribution in [0, 0.1) is 0 Å². The summed E-state index contributed by atoms with van der Waals surface area (Å²) in [5.74, 6) is 0.0488. The monoisotopic (exact) mass is 353 g/mol. The third kappa shape index (κ3) is 3.07. The van der Waals surface area contributed by atoms with Gasteiger partial charge in [0.05, 0.1) is 22.3 Å². The molecule has 8 heteroatoms. The lowest BCUT2D eigenvalue weighted by Crippen LogP contribution is -2.07. The van der Waals surface area contributed by atoms with Crippen molar-refractivity contribution in [2.75, 3.05) is 5.32 Å². The fraction of sp³-hybridized carbons (Fsp3) is 0.125. The van der Waals surface area contributed by atoms with Crippen molar-refractivity contribution in [1.82, 2.24) is 9.38 Å². The normalized spacial score (nSPS) is 11.7. The molecule has 0 atom stereocenters. The van der Waals surface area contributed by atoms with Crippen molar-refractivity contribution in [2.24, 2.45) is 0 Å². The van der Waals surface area contributed by atoms with E-state index in [4.69, 9.17) is 11.6 Å². The van der Waals surface area contributed by atoms with Crippen molar-refractivity contribution in [3.8, 4) is 11.4 Å². The average molecular weight is 354 g/mol. The second-order valence-electron chi connectivity index (χ2n) is 5.17. The summed E-state index contributed by atoms with van der Waals surface area (Å²) in [6, 6.07) is 7.54. The molecule has 1 N–H and O–H groups in total. The highest BCUT2D eigenvalue weighted by Crippen LogP contribution is 2.34. The molecule has 0 aliphatic heterocycles. The summed E-state index contributed by atoms with van der Waals surface area (Å²) in [4.78, 5) is 15.3. The second kappa shape index (κ2) is 5.83. The number of aromatic nitrogens is 2. The minimum Gasteiger partial charge on any atom is -0.326 e. The Kier molecular flexibility index (Phi) is 3.96. The van der Waals surface area contributed by atoms with Crippen molar-refractivity contribution in [3.63, 3.8) is 0 Å². The molecule has 0 saturated heterocycles. The van der Waals surface area contributed by atoms with E-state index in [1.54, 1.807) is 24.3 Å². The lowest BCUT2D eigenvalue weighted by atomic mass is 10.2. The van der Waals surface area contributed by atoms with Crippen LogP contribution in [0.15, 0.2) is 42.7 Å². The summed E-state index contributed by atoms with van der Waals surface area (Å²) < 4.78 is 40.3. The highest BCUT2D eigenvalue weighted by Gasteiger charge is 2.32. The molecular formula is C16H11ClF3N3O. The summed E-state index contributed by atoms with van der Waals surface area (Å²) in [5.41, 5.74) is 0.577. The van der Waals surface area contributed by atoms with Gasteiger partial charge in [0.25, 0.3) is 0 Å². The Labute approximate surface area is 139 Å². The fourth-order valence-corrected chi connectivity index (χ4v) is 2.62. The molecule has 124 valence electrons. The van der Waals surface area contributed by atoms with Gasteiger partial charge in [-0.05, 0) is 18.2 Å². The molecule has 2 aromatic heterocycles. The predicted octanol–water partition coefficient (Wildman–Crippen LogP) is 4.63. The number of benzene rings is 1. The van der Waals surface area contributed by atoms with Gasteiger partial charge < -0.3 is 5.32 Å². The van der Waals surface area contributed by atoms with Crippen LogP contribution in [0.25, 0.3) is 16.9 Å². The summed E-state index contributed by atoms with van der Waals surface area (Å²) in [6.07, 6.45) is -2.16. The molecule has 2 heterocycles. The maximum Gasteiger partial charge on any atom is 0.417 e. The van der Waals surface area contributed by atoms with Gasteiger partial charge in [0.2, 0.25) is 5.91 Å². The number of halogens is 4. The Balaban J connectivity index is 2.17. The number of anilines is 1. The molecule has 0 aliphatic carbocycles. The number of fused-ring (bicyclic) bond motifs is 1. The van der Waals surface area contributed by atoms with Gasteiger partial charge >= 0.3 is 6.18 Å². The quantitative estimate of drug-likeness (QED) is 0.730. The minimum atomic E-state index is -4.52. The van der Waals surface area contributed by atoms with Gasteiger partial charge in [-0.1, -0.05) is 23.7 Å². The average Bonchev–Trinajstić information content (AvgIpc) is 2.90. The first-order valence-electron chi connectivity index (χ1n) is 6.87. The fourth-order valence-electron chi connectivity index (χ4n) is 2.36. The van der Waals surface area contributed by atoms with E-state index in [1.165, 1.54) is 17.5 Å². The van der Waals surface area contributed by atoms with Crippen molar-refractivity contribution >= 4 is 28.7 Å². The molecule has 0 fully saturated rings. The Morgan fingerprint density at radius 1 is 1.29 bits per heavy atom. The molecule has 24 heavy (non-hydrogen) atoms. The highest BCUT2D eigenvalue weighted by molar-refractivity contribution is 6.33. The number of nitrogens with one attached hydrogen (secondary N) is 1. The van der Waals surface area contributed by atoms with E-state index < -0.39 is 11.7 Å². The van der Waals surface area contributed by atoms with E-state index >= 15 is 0 Å². The Morgan fingerprint density at radius 3 is 2.71 bits per heavy atom. The van der Waals surface area contributed by atoms with Crippen LogP contribution in [0.5, 0.6) is 0 Å². The Morgan fingerprint density at radius 2 is 2.04 bits per heavy atom. The van der Waals surface area contributed by atoms with Gasteiger partial charge in [0, 0.05) is 24.4 Å². The molecule has 0 aliphatic rings. The zero-order valence-electron chi connectivity index (χ0n) is 12.4. The Hall–Kier alpha value is -2.54. The number of amides is 1. The van der Waals surface area contributed by atoms with Crippen molar-refractivity contribution in [2.45, 2.75) is 13.1 Å². The number of hydrogen-bond acceptors (Lipinski definition) is 2. The number of hydrogen-bond donors (Lipinski definition) is 1. The van der Waals surface area contributed by atoms with E-state index in [1.807, 2.05) is 0 Å². The first-order valence-corrected chi connectivity index (χ1v) is 7.25. The number of rotatable bonds is 2. The van der Waals surface area contributed by atoms with Crippen LogP contribution < -0.4 is 5.32 Å². The molecule has 0 spiro atoms. The molecule has 3 aromatic rings. The van der Waals surface area contributed by atoms with Gasteiger partial charge in [-0.2, -0.15) is 13.2 Å². The van der Waals surface area contributed by atoms with Crippen molar-refractivity contribution in [1.29, 1.82) is 0 Å². The number of alkyl halides is 3. The number of carbonyl (C=O) groups excluding carboxylic acids is 1. The smallest absolute Gasteiger partial charge is 0.326 e. The summed E-state index contributed by atoms with van der Waals surface area (Å²) >= 11 is 5.95.